The van der Waals surface area contributed by atoms with Gasteiger partial charge in [-0.25, -0.2) is 14.8 Å². The van der Waals surface area contributed by atoms with Gasteiger partial charge in [-0.1, -0.05) is 11.6 Å². The van der Waals surface area contributed by atoms with Crippen LogP contribution in [-0.4, -0.2) is 47.1 Å². The number of nitrogens with zero attached hydrogens (tertiary/aromatic N) is 2. The third-order valence-corrected chi connectivity index (χ3v) is 3.09. The van der Waals surface area contributed by atoms with Crippen molar-refractivity contribution in [3.8, 4) is 0 Å². The number of aliphatic hydroxyl groups is 1. The molecule has 0 spiro atoms. The summed E-state index contributed by atoms with van der Waals surface area (Å²) >= 11 is 5.87. The van der Waals surface area contributed by atoms with Crippen molar-refractivity contribution in [2.45, 2.75) is 25.2 Å². The summed E-state index contributed by atoms with van der Waals surface area (Å²) in [6, 6.07) is 0. The lowest BCUT2D eigenvalue weighted by molar-refractivity contribution is 0.0233. The number of methoxy groups -OCH3 is 1. The maximum absolute atomic E-state index is 11.6. The Balaban J connectivity index is 2.16. The van der Waals surface area contributed by atoms with E-state index in [0.717, 1.165) is 6.42 Å². The maximum atomic E-state index is 11.6. The standard InChI is InChI=1S/C11H14ClN3O4/c1-18-11(17)8-9(12)13-5-14-10(8)15-7-3-2-6(4-16)19-7/h5-7,16H,2-4H2,1H3,(H,13,14,15)/t6-,7+/m0/s1. The van der Waals surface area contributed by atoms with Gasteiger partial charge in [0.15, 0.2) is 0 Å². The summed E-state index contributed by atoms with van der Waals surface area (Å²) < 4.78 is 10.1. The Kier molecular flexibility index (Phi) is 4.52. The van der Waals surface area contributed by atoms with Crippen molar-refractivity contribution in [1.29, 1.82) is 0 Å². The van der Waals surface area contributed by atoms with E-state index in [4.69, 9.17) is 21.4 Å². The largest absolute Gasteiger partial charge is 0.465 e. The molecule has 2 heterocycles. The predicted molar refractivity (Wildman–Crippen MR) is 67.0 cm³/mol. The number of aromatic nitrogens is 2. The highest BCUT2D eigenvalue weighted by Crippen LogP contribution is 2.25. The summed E-state index contributed by atoms with van der Waals surface area (Å²) in [5.41, 5.74) is 0.0720. The van der Waals surface area contributed by atoms with E-state index < -0.39 is 5.97 Å². The minimum Gasteiger partial charge on any atom is -0.465 e. The number of esters is 1. The van der Waals surface area contributed by atoms with Gasteiger partial charge in [-0.05, 0) is 12.8 Å². The zero-order chi connectivity index (χ0) is 13.8. The number of ether oxygens (including phenoxy) is 2. The van der Waals surface area contributed by atoms with Gasteiger partial charge in [0.25, 0.3) is 0 Å². The van der Waals surface area contributed by atoms with E-state index in [1.807, 2.05) is 0 Å². The van der Waals surface area contributed by atoms with Gasteiger partial charge in [0.05, 0.1) is 19.8 Å². The first-order valence-electron chi connectivity index (χ1n) is 5.77. The topological polar surface area (TPSA) is 93.6 Å². The maximum Gasteiger partial charge on any atom is 0.344 e. The lowest BCUT2D eigenvalue weighted by Crippen LogP contribution is -2.23. The summed E-state index contributed by atoms with van der Waals surface area (Å²) in [5, 5.41) is 12.0. The normalized spacial score (nSPS) is 22.3. The first-order chi connectivity index (χ1) is 9.15. The molecular weight excluding hydrogens is 274 g/mol. The molecule has 1 aliphatic rings. The second-order valence-corrected chi connectivity index (χ2v) is 4.39. The highest BCUT2D eigenvalue weighted by Gasteiger charge is 2.27. The van der Waals surface area contributed by atoms with E-state index in [9.17, 15) is 4.79 Å². The van der Waals surface area contributed by atoms with E-state index >= 15 is 0 Å². The summed E-state index contributed by atoms with van der Waals surface area (Å²) in [7, 11) is 1.25. The lowest BCUT2D eigenvalue weighted by Gasteiger charge is -2.16. The summed E-state index contributed by atoms with van der Waals surface area (Å²) in [6.07, 6.45) is 2.16. The molecule has 0 unspecified atom stereocenters. The van der Waals surface area contributed by atoms with Crippen LogP contribution in [0.15, 0.2) is 6.33 Å². The molecule has 2 N–H and O–H groups in total. The fourth-order valence-electron chi connectivity index (χ4n) is 1.86. The number of carbonyl (C=O) groups is 1. The lowest BCUT2D eigenvalue weighted by atomic mass is 10.2. The van der Waals surface area contributed by atoms with Crippen molar-refractivity contribution in [1.82, 2.24) is 9.97 Å². The molecule has 8 heteroatoms. The van der Waals surface area contributed by atoms with Gasteiger partial charge in [0.1, 0.15) is 29.1 Å². The van der Waals surface area contributed by atoms with E-state index in [-0.39, 0.29) is 35.5 Å². The average Bonchev–Trinajstić information content (AvgIpc) is 2.86. The molecule has 2 rings (SSSR count). The van der Waals surface area contributed by atoms with Crippen LogP contribution in [0.4, 0.5) is 5.82 Å². The Morgan fingerprint density at radius 3 is 3.05 bits per heavy atom. The molecule has 0 aromatic carbocycles. The second kappa shape index (κ2) is 6.14. The Morgan fingerprint density at radius 1 is 1.63 bits per heavy atom. The van der Waals surface area contributed by atoms with Crippen LogP contribution in [0.1, 0.15) is 23.2 Å². The van der Waals surface area contributed by atoms with Gasteiger partial charge < -0.3 is 19.9 Å². The second-order valence-electron chi connectivity index (χ2n) is 4.03. The third kappa shape index (κ3) is 3.12. The number of hydrogen-bond donors (Lipinski definition) is 2. The fraction of sp³-hybridized carbons (Fsp3) is 0.545. The van der Waals surface area contributed by atoms with Crippen LogP contribution in [0.5, 0.6) is 0 Å². The molecule has 19 heavy (non-hydrogen) atoms. The molecule has 1 fully saturated rings. The van der Waals surface area contributed by atoms with Crippen molar-refractivity contribution in [3.63, 3.8) is 0 Å². The minimum absolute atomic E-state index is 0.0149. The molecule has 2 atom stereocenters. The van der Waals surface area contributed by atoms with Crippen LogP contribution in [-0.2, 0) is 9.47 Å². The van der Waals surface area contributed by atoms with E-state index in [1.165, 1.54) is 13.4 Å². The van der Waals surface area contributed by atoms with Crippen molar-refractivity contribution in [3.05, 3.63) is 17.0 Å². The van der Waals surface area contributed by atoms with Crippen molar-refractivity contribution < 1.29 is 19.4 Å². The Hall–Kier alpha value is -1.44. The average molecular weight is 288 g/mol. The van der Waals surface area contributed by atoms with Gasteiger partial charge in [0.2, 0.25) is 0 Å². The zero-order valence-electron chi connectivity index (χ0n) is 10.3. The molecule has 0 saturated carbocycles. The highest BCUT2D eigenvalue weighted by molar-refractivity contribution is 6.33. The molecule has 104 valence electrons. The molecule has 0 aliphatic carbocycles. The fourth-order valence-corrected chi connectivity index (χ4v) is 2.07. The van der Waals surface area contributed by atoms with Gasteiger partial charge in [-0.3, -0.25) is 0 Å². The van der Waals surface area contributed by atoms with Gasteiger partial charge in [-0.15, -0.1) is 0 Å². The quantitative estimate of drug-likeness (QED) is 0.625. The predicted octanol–water partition coefficient (Wildman–Crippen LogP) is 0.826. The minimum atomic E-state index is -0.621. The Morgan fingerprint density at radius 2 is 2.42 bits per heavy atom. The van der Waals surface area contributed by atoms with E-state index in [1.54, 1.807) is 0 Å². The number of hydrogen-bond acceptors (Lipinski definition) is 7. The number of halogens is 1. The van der Waals surface area contributed by atoms with Gasteiger partial charge in [0, 0.05) is 0 Å². The summed E-state index contributed by atoms with van der Waals surface area (Å²) in [6.45, 7) is -0.0352. The first-order valence-corrected chi connectivity index (χ1v) is 6.15. The van der Waals surface area contributed by atoms with Crippen molar-refractivity contribution in [2.24, 2.45) is 0 Å². The number of nitrogens with one attached hydrogen (secondary N) is 1. The van der Waals surface area contributed by atoms with Gasteiger partial charge >= 0.3 is 5.97 Å². The van der Waals surface area contributed by atoms with Gasteiger partial charge in [-0.2, -0.15) is 0 Å². The number of anilines is 1. The monoisotopic (exact) mass is 287 g/mol. The van der Waals surface area contributed by atoms with Crippen molar-refractivity contribution in [2.75, 3.05) is 19.0 Å². The summed E-state index contributed by atoms with van der Waals surface area (Å²) in [5.74, 6) is -0.361. The molecule has 0 radical (unpaired) electrons. The molecular formula is C11H14ClN3O4. The van der Waals surface area contributed by atoms with Crippen LogP contribution < -0.4 is 5.32 Å². The Labute approximate surface area is 114 Å². The number of carbonyl (C=O) groups excluding carboxylic acids is 1. The van der Waals surface area contributed by atoms with Crippen molar-refractivity contribution >= 4 is 23.4 Å². The molecule has 1 aromatic rings. The van der Waals surface area contributed by atoms with E-state index in [2.05, 4.69) is 20.0 Å². The first kappa shape index (κ1) is 14.0. The molecule has 1 aliphatic heterocycles. The molecule has 0 bridgehead atoms. The van der Waals surface area contributed by atoms with Crippen LogP contribution >= 0.6 is 11.6 Å². The highest BCUT2D eigenvalue weighted by atomic mass is 35.5. The summed E-state index contributed by atoms with van der Waals surface area (Å²) in [4.78, 5) is 19.4. The smallest absolute Gasteiger partial charge is 0.344 e. The zero-order valence-corrected chi connectivity index (χ0v) is 11.1. The third-order valence-electron chi connectivity index (χ3n) is 2.80. The van der Waals surface area contributed by atoms with Crippen LogP contribution in [0.3, 0.4) is 0 Å². The van der Waals surface area contributed by atoms with E-state index in [0.29, 0.717) is 6.42 Å². The van der Waals surface area contributed by atoms with Crippen LogP contribution in [0, 0.1) is 0 Å². The SMILES string of the molecule is COC(=O)c1c(Cl)ncnc1N[C@H]1CC[C@@H](CO)O1. The Bertz CT molecular complexity index is 471. The number of aliphatic hydroxyl groups excluding tert-OH is 1. The van der Waals surface area contributed by atoms with Crippen LogP contribution in [0.25, 0.3) is 0 Å². The molecule has 0 amide bonds. The molecule has 1 saturated heterocycles. The number of rotatable bonds is 4. The van der Waals surface area contributed by atoms with Crippen LogP contribution in [0.2, 0.25) is 5.15 Å². The molecule has 7 nitrogen and oxygen atoms in total. The molecule has 1 aromatic heterocycles.